The number of urea groups is 1. The van der Waals surface area contributed by atoms with E-state index >= 15 is 0 Å². The maximum atomic E-state index is 12.3. The van der Waals surface area contributed by atoms with E-state index in [-0.39, 0.29) is 18.7 Å². The molecule has 1 aromatic rings. The highest BCUT2D eigenvalue weighted by Gasteiger charge is 2.28. The van der Waals surface area contributed by atoms with E-state index in [0.717, 1.165) is 30.0 Å². The van der Waals surface area contributed by atoms with Gasteiger partial charge in [-0.05, 0) is 25.0 Å². The van der Waals surface area contributed by atoms with Crippen molar-refractivity contribution in [2.24, 2.45) is 0 Å². The minimum Gasteiger partial charge on any atom is -0.394 e. The molecule has 20 heavy (non-hydrogen) atoms. The first-order valence-electron chi connectivity index (χ1n) is 7.06. The molecule has 0 radical (unpaired) electrons. The summed E-state index contributed by atoms with van der Waals surface area (Å²) in [6, 6.07) is 7.69. The monoisotopic (exact) mass is 294 g/mol. The van der Waals surface area contributed by atoms with E-state index in [1.54, 1.807) is 16.7 Å². The first kappa shape index (κ1) is 15.2. The summed E-state index contributed by atoms with van der Waals surface area (Å²) in [4.78, 5) is 15.1. The molecule has 2 N–H and O–H groups in total. The second kappa shape index (κ2) is 6.99. The predicted molar refractivity (Wildman–Crippen MR) is 83.3 cm³/mol. The van der Waals surface area contributed by atoms with Crippen LogP contribution in [0, 0.1) is 0 Å². The molecule has 1 aliphatic heterocycles. The van der Waals surface area contributed by atoms with E-state index in [2.05, 4.69) is 19.2 Å². The third-order valence-corrected chi connectivity index (χ3v) is 4.42. The highest BCUT2D eigenvalue weighted by atomic mass is 32.2. The van der Waals surface area contributed by atoms with E-state index in [1.807, 2.05) is 24.3 Å². The zero-order chi connectivity index (χ0) is 14.5. The summed E-state index contributed by atoms with van der Waals surface area (Å²) in [5.41, 5.74) is 0.847. The number of hydrogen-bond donors (Lipinski definition) is 2. The fraction of sp³-hybridized carbons (Fsp3) is 0.533. The van der Waals surface area contributed by atoms with E-state index in [1.165, 1.54) is 0 Å². The smallest absolute Gasteiger partial charge is 0.322 e. The number of benzene rings is 1. The lowest BCUT2D eigenvalue weighted by Crippen LogP contribution is -2.40. The Morgan fingerprint density at radius 1 is 1.50 bits per heavy atom. The van der Waals surface area contributed by atoms with Gasteiger partial charge in [0.1, 0.15) is 0 Å². The lowest BCUT2D eigenvalue weighted by molar-refractivity contribution is 0.166. The van der Waals surface area contributed by atoms with Gasteiger partial charge in [-0.2, -0.15) is 0 Å². The van der Waals surface area contributed by atoms with Crippen molar-refractivity contribution in [1.29, 1.82) is 0 Å². The van der Waals surface area contributed by atoms with Crippen LogP contribution < -0.4 is 5.32 Å². The van der Waals surface area contributed by atoms with Crippen LogP contribution in [0.15, 0.2) is 29.2 Å². The largest absolute Gasteiger partial charge is 0.394 e. The normalized spacial score (nSPS) is 18.6. The van der Waals surface area contributed by atoms with E-state index in [4.69, 9.17) is 0 Å². The highest BCUT2D eigenvalue weighted by Crippen LogP contribution is 2.30. The van der Waals surface area contributed by atoms with Gasteiger partial charge in [0.25, 0.3) is 0 Å². The molecule has 110 valence electrons. The number of para-hydroxylation sites is 1. The Kier molecular flexibility index (Phi) is 5.31. The van der Waals surface area contributed by atoms with E-state index in [9.17, 15) is 9.90 Å². The van der Waals surface area contributed by atoms with Gasteiger partial charge in [-0.3, -0.25) is 0 Å². The average Bonchev–Trinajstić information content (AvgIpc) is 2.88. The first-order valence-corrected chi connectivity index (χ1v) is 7.94. The molecule has 1 saturated heterocycles. The van der Waals surface area contributed by atoms with Crippen LogP contribution in [-0.2, 0) is 0 Å². The second-order valence-electron chi connectivity index (χ2n) is 5.26. The van der Waals surface area contributed by atoms with Gasteiger partial charge in [-0.15, -0.1) is 11.8 Å². The number of nitrogens with zero attached hydrogens (tertiary/aromatic N) is 1. The number of aliphatic hydroxyl groups is 1. The number of likely N-dealkylation sites (tertiary alicyclic amines) is 1. The van der Waals surface area contributed by atoms with Crippen molar-refractivity contribution in [1.82, 2.24) is 4.90 Å². The zero-order valence-corrected chi connectivity index (χ0v) is 12.8. The van der Waals surface area contributed by atoms with Gasteiger partial charge in [-0.25, -0.2) is 4.79 Å². The topological polar surface area (TPSA) is 52.6 Å². The molecule has 0 saturated carbocycles. The van der Waals surface area contributed by atoms with Crippen LogP contribution in [0.4, 0.5) is 10.5 Å². The summed E-state index contributed by atoms with van der Waals surface area (Å²) >= 11 is 1.73. The molecule has 1 aliphatic rings. The number of amides is 2. The Morgan fingerprint density at radius 2 is 2.25 bits per heavy atom. The Morgan fingerprint density at radius 3 is 2.95 bits per heavy atom. The quantitative estimate of drug-likeness (QED) is 0.839. The van der Waals surface area contributed by atoms with Crippen molar-refractivity contribution in [3.63, 3.8) is 0 Å². The molecule has 0 bridgehead atoms. The fourth-order valence-corrected chi connectivity index (χ4v) is 3.32. The number of thioether (sulfide) groups is 1. The van der Waals surface area contributed by atoms with Crippen LogP contribution in [0.1, 0.15) is 26.7 Å². The van der Waals surface area contributed by atoms with Gasteiger partial charge in [0.2, 0.25) is 0 Å². The number of rotatable bonds is 4. The molecule has 0 aliphatic carbocycles. The van der Waals surface area contributed by atoms with Crippen molar-refractivity contribution < 1.29 is 9.90 Å². The van der Waals surface area contributed by atoms with Gasteiger partial charge >= 0.3 is 6.03 Å². The van der Waals surface area contributed by atoms with Crippen LogP contribution in [0.5, 0.6) is 0 Å². The Bertz CT molecular complexity index is 465. The fourth-order valence-electron chi connectivity index (χ4n) is 2.41. The molecule has 2 rings (SSSR count). The predicted octanol–water partition coefficient (Wildman–Crippen LogP) is 3.18. The summed E-state index contributed by atoms with van der Waals surface area (Å²) in [5.74, 6) is 0. The lowest BCUT2D eigenvalue weighted by atomic mass is 10.2. The van der Waals surface area contributed by atoms with Crippen molar-refractivity contribution in [3.05, 3.63) is 24.3 Å². The lowest BCUT2D eigenvalue weighted by Gasteiger charge is -2.24. The summed E-state index contributed by atoms with van der Waals surface area (Å²) in [7, 11) is 0. The second-order valence-corrected chi connectivity index (χ2v) is 6.88. The van der Waals surface area contributed by atoms with Crippen LogP contribution in [-0.4, -0.2) is 40.5 Å². The third-order valence-electron chi connectivity index (χ3n) is 3.34. The molecule has 1 heterocycles. The van der Waals surface area contributed by atoms with Crippen LogP contribution >= 0.6 is 11.8 Å². The SMILES string of the molecule is CC(C)Sc1ccccc1NC(=O)N1CCCC1CO. The minimum atomic E-state index is -0.113. The van der Waals surface area contributed by atoms with E-state index < -0.39 is 0 Å². The number of aliphatic hydroxyl groups excluding tert-OH is 1. The molecule has 1 aromatic carbocycles. The standard InChI is InChI=1S/C15H22N2O2S/c1-11(2)20-14-8-4-3-7-13(14)16-15(19)17-9-5-6-12(17)10-18/h3-4,7-8,11-12,18H,5-6,9-10H2,1-2H3,(H,16,19). The number of carbonyl (C=O) groups is 1. The number of carbonyl (C=O) groups excluding carboxylic acids is 1. The zero-order valence-electron chi connectivity index (χ0n) is 12.0. The van der Waals surface area contributed by atoms with E-state index in [0.29, 0.717) is 5.25 Å². The number of nitrogens with one attached hydrogen (secondary N) is 1. The highest BCUT2D eigenvalue weighted by molar-refractivity contribution is 8.00. The average molecular weight is 294 g/mol. The Hall–Kier alpha value is -1.20. The van der Waals surface area contributed by atoms with Gasteiger partial charge in [0.15, 0.2) is 0 Å². The molecule has 1 atom stereocenters. The minimum absolute atomic E-state index is 0.0375. The van der Waals surface area contributed by atoms with Crippen LogP contribution in [0.25, 0.3) is 0 Å². The van der Waals surface area contributed by atoms with Crippen molar-refractivity contribution in [2.75, 3.05) is 18.5 Å². The molecule has 2 amide bonds. The van der Waals surface area contributed by atoms with Crippen LogP contribution in [0.3, 0.4) is 0 Å². The Labute approximate surface area is 124 Å². The number of anilines is 1. The van der Waals surface area contributed by atoms with Crippen molar-refractivity contribution in [3.8, 4) is 0 Å². The van der Waals surface area contributed by atoms with Crippen LogP contribution in [0.2, 0.25) is 0 Å². The Balaban J connectivity index is 2.07. The molecular formula is C15H22N2O2S. The summed E-state index contributed by atoms with van der Waals surface area (Å²) in [6.07, 6.45) is 1.84. The molecular weight excluding hydrogens is 272 g/mol. The maximum absolute atomic E-state index is 12.3. The summed E-state index contributed by atoms with van der Waals surface area (Å²) in [5, 5.41) is 12.7. The molecule has 0 spiro atoms. The number of hydrogen-bond acceptors (Lipinski definition) is 3. The summed E-state index contributed by atoms with van der Waals surface area (Å²) < 4.78 is 0. The maximum Gasteiger partial charge on any atom is 0.322 e. The van der Waals surface area contributed by atoms with Gasteiger partial charge in [-0.1, -0.05) is 26.0 Å². The molecule has 0 aromatic heterocycles. The van der Waals surface area contributed by atoms with Gasteiger partial charge in [0.05, 0.1) is 18.3 Å². The molecule has 4 nitrogen and oxygen atoms in total. The molecule has 1 unspecified atom stereocenters. The molecule has 1 fully saturated rings. The molecule has 5 heteroatoms. The van der Waals surface area contributed by atoms with Crippen molar-refractivity contribution in [2.45, 2.75) is 42.9 Å². The third kappa shape index (κ3) is 3.67. The van der Waals surface area contributed by atoms with Crippen molar-refractivity contribution >= 4 is 23.5 Å². The van der Waals surface area contributed by atoms with Gasteiger partial charge < -0.3 is 15.3 Å². The summed E-state index contributed by atoms with van der Waals surface area (Å²) in [6.45, 7) is 5.02. The first-order chi connectivity index (χ1) is 9.61. The van der Waals surface area contributed by atoms with Gasteiger partial charge in [0, 0.05) is 16.7 Å².